The van der Waals surface area contributed by atoms with Gasteiger partial charge in [-0.3, -0.25) is 0 Å². The molecule has 0 aromatic heterocycles. The van der Waals surface area contributed by atoms with Crippen molar-refractivity contribution in [3.63, 3.8) is 0 Å². The number of hydrogen-bond acceptors (Lipinski definition) is 2. The predicted molar refractivity (Wildman–Crippen MR) is 74.0 cm³/mol. The van der Waals surface area contributed by atoms with E-state index in [2.05, 4.69) is 51.1 Å². The molecule has 0 heterocycles. The smallest absolute Gasteiger partial charge is 0.0766 e. The third kappa shape index (κ3) is 2.15. The fourth-order valence-electron chi connectivity index (χ4n) is 2.56. The molecule has 2 nitrogen and oxygen atoms in total. The molecule has 0 spiro atoms. The van der Waals surface area contributed by atoms with Crippen LogP contribution >= 0.6 is 0 Å². The minimum atomic E-state index is -0.316. The minimum absolute atomic E-state index is 0.148. The maximum absolute atomic E-state index is 9.32. The van der Waals surface area contributed by atoms with Crippen LogP contribution in [0.5, 0.6) is 0 Å². The van der Waals surface area contributed by atoms with Crippen molar-refractivity contribution in [2.75, 3.05) is 0 Å². The molecular weight excluding hydrogens is 220 g/mol. The molecule has 1 fully saturated rings. The van der Waals surface area contributed by atoms with Crippen molar-refractivity contribution < 1.29 is 0 Å². The van der Waals surface area contributed by atoms with E-state index in [1.807, 2.05) is 0 Å². The second-order valence-corrected chi connectivity index (χ2v) is 6.47. The average molecular weight is 242 g/mol. The summed E-state index contributed by atoms with van der Waals surface area (Å²) < 4.78 is 0. The Bertz CT molecular complexity index is 455. The van der Waals surface area contributed by atoms with Gasteiger partial charge in [-0.05, 0) is 29.4 Å². The Morgan fingerprint density at radius 3 is 2.11 bits per heavy atom. The van der Waals surface area contributed by atoms with Crippen molar-refractivity contribution in [3.8, 4) is 6.07 Å². The van der Waals surface area contributed by atoms with Crippen LogP contribution in [0.25, 0.3) is 0 Å². The Morgan fingerprint density at radius 2 is 1.78 bits per heavy atom. The summed E-state index contributed by atoms with van der Waals surface area (Å²) in [4.78, 5) is 0. The van der Waals surface area contributed by atoms with E-state index in [1.165, 1.54) is 5.56 Å². The van der Waals surface area contributed by atoms with Crippen LogP contribution in [0.2, 0.25) is 0 Å². The van der Waals surface area contributed by atoms with Gasteiger partial charge >= 0.3 is 0 Å². The summed E-state index contributed by atoms with van der Waals surface area (Å²) in [7, 11) is 0. The molecule has 0 saturated heterocycles. The van der Waals surface area contributed by atoms with Crippen LogP contribution in [0.4, 0.5) is 0 Å². The summed E-state index contributed by atoms with van der Waals surface area (Å²) in [5.74, 6) is 0. The Hall–Kier alpha value is -1.33. The van der Waals surface area contributed by atoms with Crippen molar-refractivity contribution >= 4 is 0 Å². The zero-order valence-electron chi connectivity index (χ0n) is 11.5. The topological polar surface area (TPSA) is 49.8 Å². The summed E-state index contributed by atoms with van der Waals surface area (Å²) in [6, 6.07) is 10.7. The lowest BCUT2D eigenvalue weighted by molar-refractivity contribution is 0.169. The summed E-state index contributed by atoms with van der Waals surface area (Å²) >= 11 is 0. The number of nitriles is 1. The molecule has 0 aliphatic heterocycles. The third-order valence-corrected chi connectivity index (χ3v) is 4.20. The number of nitrogens with two attached hydrogens (primary N) is 1. The van der Waals surface area contributed by atoms with Gasteiger partial charge in [0, 0.05) is 6.04 Å². The highest BCUT2D eigenvalue weighted by atomic mass is 14.7. The summed E-state index contributed by atoms with van der Waals surface area (Å²) in [6.45, 7) is 6.60. The van der Waals surface area contributed by atoms with E-state index < -0.39 is 0 Å². The van der Waals surface area contributed by atoms with Crippen molar-refractivity contribution in [1.82, 2.24) is 0 Å². The lowest BCUT2D eigenvalue weighted by Gasteiger charge is -2.40. The number of benzene rings is 1. The van der Waals surface area contributed by atoms with Crippen LogP contribution < -0.4 is 5.73 Å². The van der Waals surface area contributed by atoms with Crippen LogP contribution in [0.3, 0.4) is 0 Å². The fourth-order valence-corrected chi connectivity index (χ4v) is 2.56. The van der Waals surface area contributed by atoms with Gasteiger partial charge in [0.05, 0.1) is 11.5 Å². The Balaban J connectivity index is 2.23. The van der Waals surface area contributed by atoms with Gasteiger partial charge in [-0.25, -0.2) is 0 Å². The number of rotatable bonds is 2. The van der Waals surface area contributed by atoms with Gasteiger partial charge in [-0.1, -0.05) is 51.5 Å². The van der Waals surface area contributed by atoms with E-state index in [0.29, 0.717) is 0 Å². The first-order valence-corrected chi connectivity index (χ1v) is 6.66. The third-order valence-electron chi connectivity index (χ3n) is 4.20. The van der Waals surface area contributed by atoms with Crippen molar-refractivity contribution in [2.24, 2.45) is 11.1 Å². The first kappa shape index (κ1) is 13.1. The van der Waals surface area contributed by atoms with Crippen LogP contribution in [0.1, 0.15) is 57.2 Å². The second kappa shape index (κ2) is 4.40. The standard InChI is InChI=1S/C16H22N2/c1-15(2,3)13-7-5-12(6-8-13)14(18)16(11-17)9-4-10-16/h5-8,14H,4,9-10,18H2,1-3H3. The minimum Gasteiger partial charge on any atom is -0.323 e. The Labute approximate surface area is 110 Å². The highest BCUT2D eigenvalue weighted by molar-refractivity contribution is 5.32. The molecule has 1 aromatic carbocycles. The quantitative estimate of drug-likeness (QED) is 0.860. The van der Waals surface area contributed by atoms with E-state index in [-0.39, 0.29) is 16.9 Å². The van der Waals surface area contributed by atoms with Crippen LogP contribution in [-0.2, 0) is 5.41 Å². The van der Waals surface area contributed by atoms with Crippen LogP contribution in [0.15, 0.2) is 24.3 Å². The maximum atomic E-state index is 9.32. The first-order valence-electron chi connectivity index (χ1n) is 6.66. The van der Waals surface area contributed by atoms with Crippen molar-refractivity contribution in [3.05, 3.63) is 35.4 Å². The van der Waals surface area contributed by atoms with Gasteiger partial charge in [-0.15, -0.1) is 0 Å². The van der Waals surface area contributed by atoms with Gasteiger partial charge in [0.2, 0.25) is 0 Å². The maximum Gasteiger partial charge on any atom is 0.0766 e. The van der Waals surface area contributed by atoms with E-state index in [9.17, 15) is 5.26 Å². The van der Waals surface area contributed by atoms with E-state index in [0.717, 1.165) is 24.8 Å². The van der Waals surface area contributed by atoms with Gasteiger partial charge < -0.3 is 5.73 Å². The number of nitrogens with zero attached hydrogens (tertiary/aromatic N) is 1. The molecule has 1 unspecified atom stereocenters. The molecule has 2 rings (SSSR count). The van der Waals surface area contributed by atoms with Crippen LogP contribution in [-0.4, -0.2) is 0 Å². The lowest BCUT2D eigenvalue weighted by atomic mass is 9.63. The molecule has 18 heavy (non-hydrogen) atoms. The summed E-state index contributed by atoms with van der Waals surface area (Å²) in [6.07, 6.45) is 3.00. The molecule has 2 heteroatoms. The van der Waals surface area contributed by atoms with Crippen LogP contribution in [0, 0.1) is 16.7 Å². The van der Waals surface area contributed by atoms with Gasteiger partial charge in [0.1, 0.15) is 0 Å². The molecular formula is C16H22N2. The molecule has 1 aliphatic carbocycles. The normalized spacial score (nSPS) is 19.7. The van der Waals surface area contributed by atoms with Gasteiger partial charge in [-0.2, -0.15) is 5.26 Å². The molecule has 1 aromatic rings. The van der Waals surface area contributed by atoms with E-state index in [4.69, 9.17) is 5.73 Å². The second-order valence-electron chi connectivity index (χ2n) is 6.47. The van der Waals surface area contributed by atoms with Crippen molar-refractivity contribution in [1.29, 1.82) is 5.26 Å². The van der Waals surface area contributed by atoms with E-state index >= 15 is 0 Å². The Kier molecular flexibility index (Phi) is 3.21. The monoisotopic (exact) mass is 242 g/mol. The highest BCUT2D eigenvalue weighted by Gasteiger charge is 2.43. The lowest BCUT2D eigenvalue weighted by Crippen LogP contribution is -2.39. The molecule has 1 saturated carbocycles. The van der Waals surface area contributed by atoms with E-state index in [1.54, 1.807) is 0 Å². The fraction of sp³-hybridized carbons (Fsp3) is 0.562. The zero-order chi connectivity index (χ0) is 13.4. The first-order chi connectivity index (χ1) is 8.39. The molecule has 0 radical (unpaired) electrons. The summed E-state index contributed by atoms with van der Waals surface area (Å²) in [5, 5.41) is 9.32. The predicted octanol–water partition coefficient (Wildman–Crippen LogP) is 3.68. The highest BCUT2D eigenvalue weighted by Crippen LogP contribution is 2.48. The van der Waals surface area contributed by atoms with Gasteiger partial charge in [0.25, 0.3) is 0 Å². The zero-order valence-corrected chi connectivity index (χ0v) is 11.5. The Morgan fingerprint density at radius 1 is 1.22 bits per heavy atom. The molecule has 2 N–H and O–H groups in total. The molecule has 0 bridgehead atoms. The average Bonchev–Trinajstić information content (AvgIpc) is 2.27. The molecule has 96 valence electrons. The largest absolute Gasteiger partial charge is 0.323 e. The van der Waals surface area contributed by atoms with Crippen molar-refractivity contribution in [2.45, 2.75) is 51.5 Å². The SMILES string of the molecule is CC(C)(C)c1ccc(C(N)C2(C#N)CCC2)cc1. The number of hydrogen-bond donors (Lipinski definition) is 1. The molecule has 1 atom stereocenters. The summed E-state index contributed by atoms with van der Waals surface area (Å²) in [5.41, 5.74) is 8.52. The molecule has 0 amide bonds. The molecule has 1 aliphatic rings. The van der Waals surface area contributed by atoms with Gasteiger partial charge in [0.15, 0.2) is 0 Å².